The largest absolute Gasteiger partial charge is 0.355 e. The lowest BCUT2D eigenvalue weighted by Gasteiger charge is -2.31. The third-order valence-electron chi connectivity index (χ3n) is 4.98. The van der Waals surface area contributed by atoms with Crippen LogP contribution < -0.4 is 16.0 Å². The van der Waals surface area contributed by atoms with E-state index in [4.69, 9.17) is 4.52 Å². The van der Waals surface area contributed by atoms with Gasteiger partial charge in [-0.3, -0.25) is 14.6 Å². The molecule has 0 saturated carbocycles. The molecule has 0 aliphatic carbocycles. The molecule has 8 nitrogen and oxygen atoms in total. The Morgan fingerprint density at radius 2 is 2.11 bits per heavy atom. The maximum atomic E-state index is 12.3. The van der Waals surface area contributed by atoms with Gasteiger partial charge in [-0.2, -0.15) is 0 Å². The summed E-state index contributed by atoms with van der Waals surface area (Å²) in [6.45, 7) is 4.13. The molecule has 28 heavy (non-hydrogen) atoms. The molecule has 2 atom stereocenters. The molecule has 1 saturated heterocycles. The van der Waals surface area contributed by atoms with E-state index in [2.05, 4.69) is 26.1 Å². The maximum absolute atomic E-state index is 12.3. The van der Waals surface area contributed by atoms with E-state index in [1.54, 1.807) is 6.20 Å². The molecule has 3 N–H and O–H groups in total. The van der Waals surface area contributed by atoms with Crippen molar-refractivity contribution >= 4 is 11.8 Å². The van der Waals surface area contributed by atoms with Crippen molar-refractivity contribution < 1.29 is 14.1 Å². The predicted molar refractivity (Wildman–Crippen MR) is 104 cm³/mol. The summed E-state index contributed by atoms with van der Waals surface area (Å²) in [5, 5.41) is 13.2. The Balaban J connectivity index is 1.53. The minimum atomic E-state index is -0.0923. The third-order valence-corrected chi connectivity index (χ3v) is 4.98. The fourth-order valence-corrected chi connectivity index (χ4v) is 3.54. The normalized spacial score (nSPS) is 19.2. The second-order valence-electron chi connectivity index (χ2n) is 7.15. The number of piperidine rings is 1. The van der Waals surface area contributed by atoms with Gasteiger partial charge >= 0.3 is 0 Å². The Bertz CT molecular complexity index is 777. The number of carbonyl (C=O) groups is 2. The molecule has 8 heteroatoms. The van der Waals surface area contributed by atoms with Crippen molar-refractivity contribution in [3.05, 3.63) is 36.2 Å². The predicted octanol–water partition coefficient (Wildman–Crippen LogP) is 1.15. The van der Waals surface area contributed by atoms with Crippen LogP contribution in [0.1, 0.15) is 25.5 Å². The number of hydrogen-bond donors (Lipinski definition) is 3. The Hall–Kier alpha value is -2.74. The topological polar surface area (TPSA) is 109 Å². The molecule has 2 amide bonds. The molecule has 0 spiro atoms. The quantitative estimate of drug-likeness (QED) is 0.588. The molecule has 1 aliphatic rings. The van der Waals surface area contributed by atoms with E-state index >= 15 is 0 Å². The smallest absolute Gasteiger partial charge is 0.220 e. The number of hydrogen-bond acceptors (Lipinski definition) is 6. The summed E-state index contributed by atoms with van der Waals surface area (Å²) >= 11 is 0. The van der Waals surface area contributed by atoms with Crippen LogP contribution in [0.25, 0.3) is 11.5 Å². The summed E-state index contributed by atoms with van der Waals surface area (Å²) in [6, 6.07) is 7.60. The van der Waals surface area contributed by atoms with Gasteiger partial charge in [-0.05, 0) is 49.9 Å². The van der Waals surface area contributed by atoms with Crippen molar-refractivity contribution in [2.75, 3.05) is 26.2 Å². The zero-order valence-electron chi connectivity index (χ0n) is 16.1. The molecule has 2 aromatic rings. The molecule has 0 bridgehead atoms. The zero-order chi connectivity index (χ0) is 19.8. The summed E-state index contributed by atoms with van der Waals surface area (Å²) in [6.07, 6.45) is 3.92. The average molecular weight is 385 g/mol. The fourth-order valence-electron chi connectivity index (χ4n) is 3.54. The first-order chi connectivity index (χ1) is 13.6. The summed E-state index contributed by atoms with van der Waals surface area (Å²) in [7, 11) is 0. The number of nitrogens with one attached hydrogen (secondary N) is 3. The van der Waals surface area contributed by atoms with E-state index in [1.807, 2.05) is 24.3 Å². The highest BCUT2D eigenvalue weighted by molar-refractivity contribution is 5.76. The number of pyridine rings is 1. The number of nitrogens with zero attached hydrogens (tertiary/aromatic N) is 2. The molecule has 2 aromatic heterocycles. The van der Waals surface area contributed by atoms with Gasteiger partial charge in [0.15, 0.2) is 5.76 Å². The first kappa shape index (κ1) is 20.0. The van der Waals surface area contributed by atoms with Crippen LogP contribution in [-0.4, -0.2) is 48.1 Å². The molecule has 1 fully saturated rings. The van der Waals surface area contributed by atoms with Crippen LogP contribution in [-0.2, 0) is 16.0 Å². The van der Waals surface area contributed by atoms with Gasteiger partial charge in [-0.15, -0.1) is 0 Å². The van der Waals surface area contributed by atoms with Crippen LogP contribution in [0.3, 0.4) is 0 Å². The van der Waals surface area contributed by atoms with E-state index in [0.717, 1.165) is 37.3 Å². The second-order valence-corrected chi connectivity index (χ2v) is 7.15. The van der Waals surface area contributed by atoms with Gasteiger partial charge in [0.25, 0.3) is 0 Å². The highest BCUT2D eigenvalue weighted by Crippen LogP contribution is 2.27. The number of rotatable bonds is 8. The van der Waals surface area contributed by atoms with Crippen LogP contribution >= 0.6 is 0 Å². The number of carbonyl (C=O) groups excluding carboxylic acids is 2. The lowest BCUT2D eigenvalue weighted by Crippen LogP contribution is -2.41. The van der Waals surface area contributed by atoms with Crippen molar-refractivity contribution in [1.29, 1.82) is 0 Å². The second kappa shape index (κ2) is 9.98. The van der Waals surface area contributed by atoms with E-state index in [-0.39, 0.29) is 17.7 Å². The van der Waals surface area contributed by atoms with E-state index in [9.17, 15) is 9.59 Å². The first-order valence-corrected chi connectivity index (χ1v) is 9.70. The van der Waals surface area contributed by atoms with Crippen LogP contribution in [0, 0.1) is 11.8 Å². The van der Waals surface area contributed by atoms with Crippen LogP contribution in [0.5, 0.6) is 0 Å². The Morgan fingerprint density at radius 1 is 1.25 bits per heavy atom. The molecule has 3 rings (SSSR count). The lowest BCUT2D eigenvalue weighted by molar-refractivity contribution is -0.123. The summed E-state index contributed by atoms with van der Waals surface area (Å²) in [5.74, 6) is 1.20. The Kier molecular flexibility index (Phi) is 7.13. The molecule has 150 valence electrons. The Morgan fingerprint density at radius 3 is 2.89 bits per heavy atom. The van der Waals surface area contributed by atoms with E-state index in [1.165, 1.54) is 6.92 Å². The van der Waals surface area contributed by atoms with Crippen molar-refractivity contribution in [2.24, 2.45) is 11.8 Å². The molecular formula is C20H27N5O3. The molecule has 3 heterocycles. The third kappa shape index (κ3) is 5.88. The summed E-state index contributed by atoms with van der Waals surface area (Å²) in [4.78, 5) is 27.4. The monoisotopic (exact) mass is 385 g/mol. The highest BCUT2D eigenvalue weighted by atomic mass is 16.5. The van der Waals surface area contributed by atoms with Gasteiger partial charge in [0.1, 0.15) is 5.69 Å². The molecule has 0 unspecified atom stereocenters. The summed E-state index contributed by atoms with van der Waals surface area (Å²) < 4.78 is 5.45. The molecule has 0 radical (unpaired) electrons. The molecular weight excluding hydrogens is 358 g/mol. The minimum absolute atomic E-state index is 0.0246. The van der Waals surface area contributed by atoms with E-state index in [0.29, 0.717) is 31.2 Å². The van der Waals surface area contributed by atoms with Gasteiger partial charge in [0.05, 0.1) is 5.69 Å². The van der Waals surface area contributed by atoms with Crippen LogP contribution in [0.4, 0.5) is 0 Å². The number of aromatic nitrogens is 2. The minimum Gasteiger partial charge on any atom is -0.355 e. The van der Waals surface area contributed by atoms with Gasteiger partial charge in [0.2, 0.25) is 11.8 Å². The van der Waals surface area contributed by atoms with Gasteiger partial charge in [-0.1, -0.05) is 11.2 Å². The van der Waals surface area contributed by atoms with Crippen LogP contribution in [0.15, 0.2) is 35.0 Å². The summed E-state index contributed by atoms with van der Waals surface area (Å²) in [5.41, 5.74) is 1.64. The zero-order valence-corrected chi connectivity index (χ0v) is 16.1. The van der Waals surface area contributed by atoms with E-state index < -0.39 is 0 Å². The SMILES string of the molecule is CC(=O)NCCNC(=O)C[C@@H]1CCNC[C@@H]1Cc1cc(-c2ccccn2)on1. The first-order valence-electron chi connectivity index (χ1n) is 9.70. The van der Waals surface area contributed by atoms with Crippen molar-refractivity contribution in [3.63, 3.8) is 0 Å². The molecule has 0 aromatic carbocycles. The maximum Gasteiger partial charge on any atom is 0.220 e. The fraction of sp³-hybridized carbons (Fsp3) is 0.500. The average Bonchev–Trinajstić information content (AvgIpc) is 3.16. The van der Waals surface area contributed by atoms with Gasteiger partial charge in [-0.25, -0.2) is 0 Å². The standard InChI is InChI=1S/C20H27N5O3/c1-14(26)22-8-9-24-20(27)11-15-5-7-21-13-16(15)10-17-12-19(28-25-17)18-4-2-3-6-23-18/h2-4,6,12,15-16,21H,5,7-11,13H2,1H3,(H,22,26)(H,24,27)/t15-,16-/m0/s1. The highest BCUT2D eigenvalue weighted by Gasteiger charge is 2.28. The Labute approximate surface area is 164 Å². The molecule has 1 aliphatic heterocycles. The lowest BCUT2D eigenvalue weighted by atomic mass is 9.81. The number of amides is 2. The van der Waals surface area contributed by atoms with Crippen molar-refractivity contribution in [1.82, 2.24) is 26.1 Å². The van der Waals surface area contributed by atoms with Crippen molar-refractivity contribution in [3.8, 4) is 11.5 Å². The van der Waals surface area contributed by atoms with Crippen molar-refractivity contribution in [2.45, 2.75) is 26.2 Å². The van der Waals surface area contributed by atoms with Gasteiger partial charge < -0.3 is 20.5 Å². The van der Waals surface area contributed by atoms with Gasteiger partial charge in [0, 0.05) is 38.7 Å². The van der Waals surface area contributed by atoms with Crippen LogP contribution in [0.2, 0.25) is 0 Å².